The molecule has 23 heavy (non-hydrogen) atoms. The molecule has 0 aromatic heterocycles. The number of thiocarbonyl (C=S) groups is 1. The van der Waals surface area contributed by atoms with E-state index in [0.717, 1.165) is 17.3 Å². The quantitative estimate of drug-likeness (QED) is 0.572. The number of benzene rings is 1. The second kappa shape index (κ2) is 8.29. The molecule has 0 unspecified atom stereocenters. The maximum atomic E-state index is 12.3. The van der Waals surface area contributed by atoms with Crippen LogP contribution in [0.1, 0.15) is 18.4 Å². The van der Waals surface area contributed by atoms with E-state index >= 15 is 0 Å². The number of carbonyl (C=O) groups excluding carboxylic acids is 2. The highest BCUT2D eigenvalue weighted by atomic mass is 35.5. The average Bonchev–Trinajstić information content (AvgIpc) is 2.75. The van der Waals surface area contributed by atoms with Crippen molar-refractivity contribution in [1.82, 2.24) is 4.90 Å². The van der Waals surface area contributed by atoms with Crippen molar-refractivity contribution in [2.75, 3.05) is 6.54 Å². The Morgan fingerprint density at radius 3 is 2.70 bits per heavy atom. The number of carboxylic acid groups (broad SMARTS) is 1. The fourth-order valence-corrected chi connectivity index (χ4v) is 3.55. The van der Waals surface area contributed by atoms with Crippen LogP contribution in [0.3, 0.4) is 0 Å². The van der Waals surface area contributed by atoms with Crippen molar-refractivity contribution in [3.8, 4) is 0 Å². The van der Waals surface area contributed by atoms with E-state index in [9.17, 15) is 14.7 Å². The van der Waals surface area contributed by atoms with Crippen molar-refractivity contribution in [3.05, 3.63) is 51.9 Å². The van der Waals surface area contributed by atoms with Gasteiger partial charge < -0.3 is 9.90 Å². The number of hydrogen-bond acceptors (Lipinski definition) is 5. The summed E-state index contributed by atoms with van der Waals surface area (Å²) in [4.78, 5) is 24.5. The summed E-state index contributed by atoms with van der Waals surface area (Å²) in [7, 11) is 0. The summed E-state index contributed by atoms with van der Waals surface area (Å²) in [6, 6.07) is 9.51. The highest BCUT2D eigenvalue weighted by molar-refractivity contribution is 8.26. The first-order valence-electron chi connectivity index (χ1n) is 6.85. The van der Waals surface area contributed by atoms with Crippen LogP contribution in [-0.2, 0) is 9.59 Å². The van der Waals surface area contributed by atoms with Crippen LogP contribution >= 0.6 is 35.6 Å². The molecule has 1 saturated heterocycles. The summed E-state index contributed by atoms with van der Waals surface area (Å²) in [5, 5.41) is 10.9. The minimum Gasteiger partial charge on any atom is -0.550 e. The molecule has 1 heterocycles. The van der Waals surface area contributed by atoms with Crippen molar-refractivity contribution in [1.29, 1.82) is 0 Å². The Morgan fingerprint density at radius 1 is 1.35 bits per heavy atom. The van der Waals surface area contributed by atoms with Crippen LogP contribution in [0.4, 0.5) is 0 Å². The van der Waals surface area contributed by atoms with Gasteiger partial charge in [0.25, 0.3) is 5.91 Å². The van der Waals surface area contributed by atoms with Gasteiger partial charge >= 0.3 is 0 Å². The van der Waals surface area contributed by atoms with Crippen LogP contribution < -0.4 is 5.11 Å². The van der Waals surface area contributed by atoms with Gasteiger partial charge in [-0.05, 0) is 30.6 Å². The Hall–Kier alpha value is -1.63. The smallest absolute Gasteiger partial charge is 0.266 e. The number of nitrogens with zero attached hydrogens (tertiary/aromatic N) is 1. The molecule has 120 valence electrons. The van der Waals surface area contributed by atoms with Gasteiger partial charge in [-0.1, -0.05) is 65.9 Å². The molecule has 0 bridgehead atoms. The number of rotatable bonds is 6. The lowest BCUT2D eigenvalue weighted by molar-refractivity contribution is -0.305. The van der Waals surface area contributed by atoms with Gasteiger partial charge in [0.1, 0.15) is 4.32 Å². The number of amides is 1. The molecule has 1 aromatic rings. The molecule has 0 radical (unpaired) electrons. The van der Waals surface area contributed by atoms with Gasteiger partial charge in [-0.3, -0.25) is 9.69 Å². The SMILES string of the molecule is O=C([O-])CCCN1C(=O)C(=C/C(Cl)=C/c2ccccc2)SC1=S. The van der Waals surface area contributed by atoms with Crippen LogP contribution in [-0.4, -0.2) is 27.6 Å². The van der Waals surface area contributed by atoms with E-state index in [4.69, 9.17) is 23.8 Å². The van der Waals surface area contributed by atoms with Crippen LogP contribution in [0.15, 0.2) is 46.3 Å². The lowest BCUT2D eigenvalue weighted by Gasteiger charge is -2.14. The van der Waals surface area contributed by atoms with Gasteiger partial charge in [-0.25, -0.2) is 0 Å². The maximum absolute atomic E-state index is 12.3. The van der Waals surface area contributed by atoms with Gasteiger partial charge in [0, 0.05) is 17.5 Å². The zero-order chi connectivity index (χ0) is 16.8. The first-order valence-corrected chi connectivity index (χ1v) is 8.45. The Labute approximate surface area is 148 Å². The van der Waals surface area contributed by atoms with Gasteiger partial charge in [0.15, 0.2) is 0 Å². The van der Waals surface area contributed by atoms with Gasteiger partial charge in [0.2, 0.25) is 0 Å². The van der Waals surface area contributed by atoms with Crippen molar-refractivity contribution < 1.29 is 14.7 Å². The lowest BCUT2D eigenvalue weighted by atomic mass is 10.2. The number of carbonyl (C=O) groups is 2. The summed E-state index contributed by atoms with van der Waals surface area (Å²) in [6.45, 7) is 0.260. The van der Waals surface area contributed by atoms with E-state index in [-0.39, 0.29) is 18.9 Å². The van der Waals surface area contributed by atoms with E-state index in [1.807, 2.05) is 30.3 Å². The Balaban J connectivity index is 2.06. The van der Waals surface area contributed by atoms with Crippen molar-refractivity contribution in [3.63, 3.8) is 0 Å². The molecule has 0 atom stereocenters. The van der Waals surface area contributed by atoms with Gasteiger partial charge in [-0.2, -0.15) is 0 Å². The molecular formula is C16H13ClNO3S2-. The third-order valence-corrected chi connectivity index (χ3v) is 4.61. The van der Waals surface area contributed by atoms with E-state index in [2.05, 4.69) is 0 Å². The highest BCUT2D eigenvalue weighted by Crippen LogP contribution is 2.32. The van der Waals surface area contributed by atoms with Crippen LogP contribution in [0.5, 0.6) is 0 Å². The Kier molecular flexibility index (Phi) is 6.38. The molecule has 1 aliphatic rings. The lowest BCUT2D eigenvalue weighted by Crippen LogP contribution is -2.30. The molecule has 1 amide bonds. The van der Waals surface area contributed by atoms with E-state index in [1.165, 1.54) is 4.90 Å². The van der Waals surface area contributed by atoms with Gasteiger partial charge in [0.05, 0.1) is 4.91 Å². The first kappa shape index (κ1) is 17.7. The second-order valence-electron chi connectivity index (χ2n) is 4.75. The number of carboxylic acids is 1. The number of thioether (sulfide) groups is 1. The predicted octanol–water partition coefficient (Wildman–Crippen LogP) is 2.54. The van der Waals surface area contributed by atoms with Crippen LogP contribution in [0.2, 0.25) is 0 Å². The monoisotopic (exact) mass is 366 g/mol. The molecule has 0 spiro atoms. The molecule has 2 rings (SSSR count). The molecule has 0 saturated carbocycles. The molecule has 1 aromatic carbocycles. The normalized spacial score (nSPS) is 17.2. The standard InChI is InChI=1S/C16H14ClNO3S2/c17-12(9-11-5-2-1-3-6-11)10-13-15(21)18(16(22)23-13)8-4-7-14(19)20/h1-3,5-6,9-10H,4,7-8H2,(H,19,20)/p-1/b12-9-,13-10?. The summed E-state index contributed by atoms with van der Waals surface area (Å²) < 4.78 is 0.406. The number of halogens is 1. The number of hydrogen-bond donors (Lipinski definition) is 0. The molecule has 1 aliphatic heterocycles. The predicted molar refractivity (Wildman–Crippen MR) is 94.5 cm³/mol. The molecule has 0 N–H and O–H groups in total. The minimum atomic E-state index is -1.14. The van der Waals surface area contributed by atoms with E-state index in [1.54, 1.807) is 12.2 Å². The van der Waals surface area contributed by atoms with E-state index < -0.39 is 5.97 Å². The molecule has 7 heteroatoms. The van der Waals surface area contributed by atoms with Gasteiger partial charge in [-0.15, -0.1) is 0 Å². The third kappa shape index (κ3) is 5.20. The summed E-state index contributed by atoms with van der Waals surface area (Å²) in [6.07, 6.45) is 3.53. The van der Waals surface area contributed by atoms with Crippen molar-refractivity contribution in [2.45, 2.75) is 12.8 Å². The minimum absolute atomic E-state index is 0.106. The zero-order valence-electron chi connectivity index (χ0n) is 12.0. The molecule has 0 aliphatic carbocycles. The molecule has 1 fully saturated rings. The van der Waals surface area contributed by atoms with Crippen molar-refractivity contribution >= 4 is 57.9 Å². The summed E-state index contributed by atoms with van der Waals surface area (Å²) in [5.41, 5.74) is 0.929. The Bertz CT molecular complexity index is 686. The van der Waals surface area contributed by atoms with Crippen molar-refractivity contribution in [2.24, 2.45) is 0 Å². The summed E-state index contributed by atoms with van der Waals surface area (Å²) in [5.74, 6) is -1.39. The highest BCUT2D eigenvalue weighted by Gasteiger charge is 2.31. The largest absolute Gasteiger partial charge is 0.550 e. The average molecular weight is 367 g/mol. The fraction of sp³-hybridized carbons (Fsp3) is 0.188. The molecule has 4 nitrogen and oxygen atoms in total. The number of allylic oxidation sites excluding steroid dienone is 2. The first-order chi connectivity index (χ1) is 11.0. The maximum Gasteiger partial charge on any atom is 0.266 e. The topological polar surface area (TPSA) is 60.4 Å². The van der Waals surface area contributed by atoms with Crippen LogP contribution in [0.25, 0.3) is 6.08 Å². The summed E-state index contributed by atoms with van der Waals surface area (Å²) >= 11 is 12.5. The van der Waals surface area contributed by atoms with Crippen LogP contribution in [0, 0.1) is 0 Å². The third-order valence-electron chi connectivity index (χ3n) is 3.01. The Morgan fingerprint density at radius 2 is 2.04 bits per heavy atom. The second-order valence-corrected chi connectivity index (χ2v) is 6.86. The zero-order valence-corrected chi connectivity index (χ0v) is 14.4. The van der Waals surface area contributed by atoms with E-state index in [0.29, 0.717) is 20.7 Å². The fourth-order valence-electron chi connectivity index (χ4n) is 1.95. The number of aliphatic carboxylic acids is 1. The molecular weight excluding hydrogens is 354 g/mol.